The van der Waals surface area contributed by atoms with Crippen LogP contribution in [0.1, 0.15) is 29.8 Å². The smallest absolute Gasteiger partial charge is 0.160 e. The van der Waals surface area contributed by atoms with Crippen molar-refractivity contribution in [2.45, 2.75) is 39.7 Å². The molecule has 0 amide bonds. The third kappa shape index (κ3) is 2.30. The van der Waals surface area contributed by atoms with Crippen molar-refractivity contribution >= 4 is 11.5 Å². The van der Waals surface area contributed by atoms with Gasteiger partial charge in [0, 0.05) is 29.9 Å². The molecule has 0 saturated carbocycles. The zero-order valence-corrected chi connectivity index (χ0v) is 11.8. The standard InChI is InChI=1S/C14H21N5/c1-9-7-13(17-12-5-4-6-15-8-12)19-14(16-9)10(2)11(3)18-19/h7,12,15,17H,4-6,8H2,1-3H3/t12-/m0/s1. The van der Waals surface area contributed by atoms with Crippen molar-refractivity contribution in [2.75, 3.05) is 18.4 Å². The average molecular weight is 259 g/mol. The number of hydrogen-bond donors (Lipinski definition) is 2. The number of anilines is 1. The van der Waals surface area contributed by atoms with Crippen LogP contribution >= 0.6 is 0 Å². The Morgan fingerprint density at radius 2 is 2.21 bits per heavy atom. The van der Waals surface area contributed by atoms with Crippen molar-refractivity contribution in [1.82, 2.24) is 19.9 Å². The molecule has 3 heterocycles. The monoisotopic (exact) mass is 259 g/mol. The molecule has 1 saturated heterocycles. The number of aryl methyl sites for hydroxylation is 3. The van der Waals surface area contributed by atoms with Gasteiger partial charge in [0.25, 0.3) is 0 Å². The Labute approximate surface area is 113 Å². The van der Waals surface area contributed by atoms with Crippen molar-refractivity contribution < 1.29 is 0 Å². The van der Waals surface area contributed by atoms with Gasteiger partial charge in [0.15, 0.2) is 5.65 Å². The van der Waals surface area contributed by atoms with E-state index in [4.69, 9.17) is 0 Å². The van der Waals surface area contributed by atoms with Gasteiger partial charge in [0.05, 0.1) is 5.69 Å². The highest BCUT2D eigenvalue weighted by atomic mass is 15.3. The van der Waals surface area contributed by atoms with E-state index in [1.54, 1.807) is 0 Å². The van der Waals surface area contributed by atoms with E-state index in [-0.39, 0.29) is 0 Å². The topological polar surface area (TPSA) is 54.2 Å². The molecule has 5 nitrogen and oxygen atoms in total. The fraction of sp³-hybridized carbons (Fsp3) is 0.571. The Kier molecular flexibility index (Phi) is 3.14. The summed E-state index contributed by atoms with van der Waals surface area (Å²) in [6.45, 7) is 8.29. The maximum atomic E-state index is 4.59. The SMILES string of the molecule is Cc1cc(N[C@H]2CCCNC2)n2nc(C)c(C)c2n1. The Morgan fingerprint density at radius 3 is 2.95 bits per heavy atom. The van der Waals surface area contributed by atoms with Gasteiger partial charge in [-0.1, -0.05) is 0 Å². The summed E-state index contributed by atoms with van der Waals surface area (Å²) in [4.78, 5) is 4.59. The molecule has 0 spiro atoms. The van der Waals surface area contributed by atoms with Crippen molar-refractivity contribution in [3.63, 3.8) is 0 Å². The van der Waals surface area contributed by atoms with Gasteiger partial charge in [-0.25, -0.2) is 4.98 Å². The minimum absolute atomic E-state index is 0.476. The predicted octanol–water partition coefficient (Wildman–Crippen LogP) is 1.82. The zero-order chi connectivity index (χ0) is 13.4. The highest BCUT2D eigenvalue weighted by Gasteiger charge is 2.16. The van der Waals surface area contributed by atoms with Crippen molar-refractivity contribution in [2.24, 2.45) is 0 Å². The molecule has 2 aromatic rings. The number of piperidine rings is 1. The summed E-state index contributed by atoms with van der Waals surface area (Å²) in [5.41, 5.74) is 4.20. The van der Waals surface area contributed by atoms with E-state index in [1.165, 1.54) is 12.8 Å². The van der Waals surface area contributed by atoms with Gasteiger partial charge in [-0.2, -0.15) is 9.61 Å². The van der Waals surface area contributed by atoms with E-state index >= 15 is 0 Å². The van der Waals surface area contributed by atoms with Crippen LogP contribution < -0.4 is 10.6 Å². The Balaban J connectivity index is 1.99. The lowest BCUT2D eigenvalue weighted by molar-refractivity contribution is 0.478. The van der Waals surface area contributed by atoms with Gasteiger partial charge >= 0.3 is 0 Å². The lowest BCUT2D eigenvalue weighted by Gasteiger charge is -2.25. The number of aromatic nitrogens is 3. The van der Waals surface area contributed by atoms with Gasteiger partial charge in [-0.05, 0) is 40.2 Å². The first-order chi connectivity index (χ1) is 9.15. The molecule has 0 aromatic carbocycles. The normalized spacial score (nSPS) is 19.8. The molecule has 0 unspecified atom stereocenters. The summed E-state index contributed by atoms with van der Waals surface area (Å²) in [6.07, 6.45) is 2.43. The molecule has 0 bridgehead atoms. The maximum absolute atomic E-state index is 4.59. The zero-order valence-electron chi connectivity index (χ0n) is 11.8. The van der Waals surface area contributed by atoms with Crippen LogP contribution in [0.15, 0.2) is 6.07 Å². The second-order valence-corrected chi connectivity index (χ2v) is 5.42. The fourth-order valence-corrected chi connectivity index (χ4v) is 2.64. The van der Waals surface area contributed by atoms with Crippen LogP contribution in [0.4, 0.5) is 5.82 Å². The number of rotatable bonds is 2. The van der Waals surface area contributed by atoms with Gasteiger partial charge in [0.2, 0.25) is 0 Å². The number of nitrogens with one attached hydrogen (secondary N) is 2. The van der Waals surface area contributed by atoms with Crippen LogP contribution in [-0.2, 0) is 0 Å². The Hall–Kier alpha value is -1.62. The number of nitrogens with zero attached hydrogens (tertiary/aromatic N) is 3. The van der Waals surface area contributed by atoms with Crippen LogP contribution in [0, 0.1) is 20.8 Å². The third-order valence-electron chi connectivity index (χ3n) is 3.83. The van der Waals surface area contributed by atoms with Crippen molar-refractivity contribution in [1.29, 1.82) is 0 Å². The molecule has 5 heteroatoms. The van der Waals surface area contributed by atoms with Crippen LogP contribution in [0.5, 0.6) is 0 Å². The second-order valence-electron chi connectivity index (χ2n) is 5.42. The van der Waals surface area contributed by atoms with Gasteiger partial charge in [-0.15, -0.1) is 0 Å². The van der Waals surface area contributed by atoms with E-state index in [2.05, 4.69) is 33.7 Å². The van der Waals surface area contributed by atoms with Crippen molar-refractivity contribution in [3.8, 4) is 0 Å². The lowest BCUT2D eigenvalue weighted by Crippen LogP contribution is -2.38. The van der Waals surface area contributed by atoms with Crippen LogP contribution in [0.3, 0.4) is 0 Å². The maximum Gasteiger partial charge on any atom is 0.160 e. The highest BCUT2D eigenvalue weighted by molar-refractivity contribution is 5.56. The summed E-state index contributed by atoms with van der Waals surface area (Å²) in [7, 11) is 0. The van der Waals surface area contributed by atoms with E-state index in [9.17, 15) is 0 Å². The molecule has 0 radical (unpaired) electrons. The Bertz CT molecular complexity index is 595. The van der Waals surface area contributed by atoms with Crippen LogP contribution in [0.25, 0.3) is 5.65 Å². The molecule has 1 fully saturated rings. The van der Waals surface area contributed by atoms with Crippen LogP contribution in [-0.4, -0.2) is 33.7 Å². The fourth-order valence-electron chi connectivity index (χ4n) is 2.64. The van der Waals surface area contributed by atoms with E-state index in [0.29, 0.717) is 6.04 Å². The first-order valence-electron chi connectivity index (χ1n) is 6.96. The van der Waals surface area contributed by atoms with Crippen LogP contribution in [0.2, 0.25) is 0 Å². The quantitative estimate of drug-likeness (QED) is 0.864. The van der Waals surface area contributed by atoms with Crippen molar-refractivity contribution in [3.05, 3.63) is 23.0 Å². The summed E-state index contributed by atoms with van der Waals surface area (Å²) >= 11 is 0. The molecule has 19 heavy (non-hydrogen) atoms. The largest absolute Gasteiger partial charge is 0.366 e. The lowest BCUT2D eigenvalue weighted by atomic mass is 10.1. The third-order valence-corrected chi connectivity index (χ3v) is 3.83. The first-order valence-corrected chi connectivity index (χ1v) is 6.96. The van der Waals surface area contributed by atoms with E-state index in [1.807, 2.05) is 18.4 Å². The summed E-state index contributed by atoms with van der Waals surface area (Å²) in [6, 6.07) is 2.55. The minimum atomic E-state index is 0.476. The van der Waals surface area contributed by atoms with E-state index in [0.717, 1.165) is 41.5 Å². The molecule has 102 valence electrons. The molecule has 1 atom stereocenters. The number of fused-ring (bicyclic) bond motifs is 1. The van der Waals surface area contributed by atoms with Gasteiger partial charge in [-0.3, -0.25) is 0 Å². The molecule has 0 aliphatic carbocycles. The Morgan fingerprint density at radius 1 is 1.37 bits per heavy atom. The molecule has 2 N–H and O–H groups in total. The molecule has 1 aliphatic rings. The summed E-state index contributed by atoms with van der Waals surface area (Å²) in [5.74, 6) is 1.05. The highest BCUT2D eigenvalue weighted by Crippen LogP contribution is 2.19. The summed E-state index contributed by atoms with van der Waals surface area (Å²) < 4.78 is 1.94. The molecular formula is C14H21N5. The predicted molar refractivity (Wildman–Crippen MR) is 76.7 cm³/mol. The number of hydrogen-bond acceptors (Lipinski definition) is 4. The first kappa shape index (κ1) is 12.4. The van der Waals surface area contributed by atoms with Gasteiger partial charge in [0.1, 0.15) is 5.82 Å². The molecule has 3 rings (SSSR count). The minimum Gasteiger partial charge on any atom is -0.366 e. The van der Waals surface area contributed by atoms with Gasteiger partial charge < -0.3 is 10.6 Å². The molecule has 2 aromatic heterocycles. The average Bonchev–Trinajstić information content (AvgIpc) is 2.68. The second kappa shape index (κ2) is 4.81. The van der Waals surface area contributed by atoms with E-state index < -0.39 is 0 Å². The molecule has 1 aliphatic heterocycles. The summed E-state index contributed by atoms with van der Waals surface area (Å²) in [5, 5.41) is 11.6. The molecular weight excluding hydrogens is 238 g/mol.